The molecule has 2 amide bonds. The predicted octanol–water partition coefficient (Wildman–Crippen LogP) is 5.55. The number of para-hydroxylation sites is 2. The Kier molecular flexibility index (Phi) is 10.0. The number of carbonyl (C=O) groups excluding carboxylic acids is 2. The number of nitrogens with zero attached hydrogens (tertiary/aromatic N) is 1. The fourth-order valence-corrected chi connectivity index (χ4v) is 4.05. The van der Waals surface area contributed by atoms with E-state index in [0.717, 1.165) is 11.1 Å². The van der Waals surface area contributed by atoms with Crippen molar-refractivity contribution in [1.29, 1.82) is 0 Å². The van der Waals surface area contributed by atoms with E-state index in [1.54, 1.807) is 36.4 Å². The summed E-state index contributed by atoms with van der Waals surface area (Å²) in [7, 11) is 1.53. The molecule has 0 radical (unpaired) electrons. The molecule has 0 saturated heterocycles. The van der Waals surface area contributed by atoms with Crippen molar-refractivity contribution >= 4 is 35.0 Å². The molecular weight excluding hydrogens is 499 g/mol. The molecule has 0 spiro atoms. The summed E-state index contributed by atoms with van der Waals surface area (Å²) in [5, 5.41) is 3.74. The third-order valence-electron chi connectivity index (χ3n) is 5.46. The number of ether oxygens (including phenoxy) is 2. The van der Waals surface area contributed by atoms with E-state index in [0.29, 0.717) is 28.0 Å². The highest BCUT2D eigenvalue weighted by atomic mass is 35.5. The van der Waals surface area contributed by atoms with Crippen molar-refractivity contribution < 1.29 is 19.1 Å². The lowest BCUT2D eigenvalue weighted by atomic mass is 10.0. The van der Waals surface area contributed by atoms with Crippen molar-refractivity contribution in [2.45, 2.75) is 38.9 Å². The van der Waals surface area contributed by atoms with Gasteiger partial charge in [-0.1, -0.05) is 71.7 Å². The topological polar surface area (TPSA) is 67.9 Å². The van der Waals surface area contributed by atoms with Gasteiger partial charge in [-0.2, -0.15) is 0 Å². The second kappa shape index (κ2) is 13.2. The Hall–Kier alpha value is -3.22. The highest BCUT2D eigenvalue weighted by molar-refractivity contribution is 6.42. The molecule has 3 rings (SSSR count). The van der Waals surface area contributed by atoms with Crippen LogP contribution in [-0.4, -0.2) is 42.5 Å². The summed E-state index contributed by atoms with van der Waals surface area (Å²) in [6.07, 6.45) is 0.334. The summed E-state index contributed by atoms with van der Waals surface area (Å²) in [4.78, 5) is 28.5. The Morgan fingerprint density at radius 2 is 1.56 bits per heavy atom. The number of rotatable bonds is 11. The molecule has 1 atom stereocenters. The standard InChI is InChI=1S/C28H30Cl2N2O4/c1-19(2)31-28(34)24(16-20-9-5-4-6-10-20)32(17-21-13-14-22(29)23(30)15-21)27(33)18-36-26-12-8-7-11-25(26)35-3/h4-15,19,24H,16-18H2,1-3H3,(H,31,34). The van der Waals surface area contributed by atoms with Crippen LogP contribution in [0.2, 0.25) is 10.0 Å². The van der Waals surface area contributed by atoms with Gasteiger partial charge in [0, 0.05) is 19.0 Å². The third kappa shape index (κ3) is 7.64. The molecule has 0 aliphatic heterocycles. The minimum atomic E-state index is -0.780. The molecule has 0 aliphatic rings. The Morgan fingerprint density at radius 1 is 0.889 bits per heavy atom. The van der Waals surface area contributed by atoms with E-state index in [4.69, 9.17) is 32.7 Å². The zero-order chi connectivity index (χ0) is 26.1. The van der Waals surface area contributed by atoms with Gasteiger partial charge in [0.05, 0.1) is 17.2 Å². The maximum absolute atomic E-state index is 13.6. The van der Waals surface area contributed by atoms with Crippen LogP contribution in [-0.2, 0) is 22.6 Å². The SMILES string of the molecule is COc1ccccc1OCC(=O)N(Cc1ccc(Cl)c(Cl)c1)C(Cc1ccccc1)C(=O)NC(C)C. The molecule has 6 nitrogen and oxygen atoms in total. The average molecular weight is 529 g/mol. The van der Waals surface area contributed by atoms with E-state index in [1.165, 1.54) is 12.0 Å². The highest BCUT2D eigenvalue weighted by Gasteiger charge is 2.31. The first-order valence-corrected chi connectivity index (χ1v) is 12.4. The van der Waals surface area contributed by atoms with E-state index in [-0.39, 0.29) is 31.0 Å². The van der Waals surface area contributed by atoms with E-state index in [1.807, 2.05) is 50.2 Å². The van der Waals surface area contributed by atoms with Crippen molar-refractivity contribution in [3.8, 4) is 11.5 Å². The fraction of sp³-hybridized carbons (Fsp3) is 0.286. The van der Waals surface area contributed by atoms with Gasteiger partial charge < -0.3 is 19.7 Å². The number of carbonyl (C=O) groups is 2. The first kappa shape index (κ1) is 27.4. The number of hydrogen-bond acceptors (Lipinski definition) is 4. The zero-order valence-corrected chi connectivity index (χ0v) is 22.1. The average Bonchev–Trinajstić information content (AvgIpc) is 2.87. The van der Waals surface area contributed by atoms with E-state index >= 15 is 0 Å². The minimum absolute atomic E-state index is 0.0949. The second-order valence-corrected chi connectivity index (χ2v) is 9.39. The molecule has 0 saturated carbocycles. The van der Waals surface area contributed by atoms with Gasteiger partial charge in [-0.25, -0.2) is 0 Å². The summed E-state index contributed by atoms with van der Waals surface area (Å²) >= 11 is 12.3. The van der Waals surface area contributed by atoms with Crippen molar-refractivity contribution in [2.75, 3.05) is 13.7 Å². The highest BCUT2D eigenvalue weighted by Crippen LogP contribution is 2.27. The van der Waals surface area contributed by atoms with E-state index < -0.39 is 6.04 Å². The van der Waals surface area contributed by atoms with Gasteiger partial charge in [-0.05, 0) is 49.2 Å². The lowest BCUT2D eigenvalue weighted by Gasteiger charge is -2.32. The van der Waals surface area contributed by atoms with Gasteiger partial charge in [-0.3, -0.25) is 9.59 Å². The van der Waals surface area contributed by atoms with Crippen LogP contribution in [0.4, 0.5) is 0 Å². The lowest BCUT2D eigenvalue weighted by molar-refractivity contribution is -0.143. The van der Waals surface area contributed by atoms with Gasteiger partial charge in [0.2, 0.25) is 5.91 Å². The molecule has 190 valence electrons. The summed E-state index contributed by atoms with van der Waals surface area (Å²) < 4.78 is 11.1. The Morgan fingerprint density at radius 3 is 2.19 bits per heavy atom. The van der Waals surface area contributed by atoms with Gasteiger partial charge in [-0.15, -0.1) is 0 Å². The number of nitrogens with one attached hydrogen (secondary N) is 1. The quantitative estimate of drug-likeness (QED) is 0.354. The monoisotopic (exact) mass is 528 g/mol. The number of halogens is 2. The Balaban J connectivity index is 1.94. The Labute approximate surface area is 222 Å². The molecule has 0 bridgehead atoms. The molecule has 0 aliphatic carbocycles. The van der Waals surface area contributed by atoms with Gasteiger partial charge >= 0.3 is 0 Å². The molecule has 3 aromatic carbocycles. The van der Waals surface area contributed by atoms with Crippen LogP contribution < -0.4 is 14.8 Å². The lowest BCUT2D eigenvalue weighted by Crippen LogP contribution is -2.52. The smallest absolute Gasteiger partial charge is 0.261 e. The molecule has 8 heteroatoms. The van der Waals surface area contributed by atoms with Crippen molar-refractivity contribution in [3.63, 3.8) is 0 Å². The molecule has 36 heavy (non-hydrogen) atoms. The van der Waals surface area contributed by atoms with Gasteiger partial charge in [0.25, 0.3) is 5.91 Å². The summed E-state index contributed by atoms with van der Waals surface area (Å²) in [6, 6.07) is 21.0. The molecular formula is C28H30Cl2N2O4. The number of hydrogen-bond donors (Lipinski definition) is 1. The number of methoxy groups -OCH3 is 1. The molecule has 1 unspecified atom stereocenters. The van der Waals surface area contributed by atoms with Crippen LogP contribution >= 0.6 is 23.2 Å². The van der Waals surface area contributed by atoms with Crippen LogP contribution in [0.25, 0.3) is 0 Å². The second-order valence-electron chi connectivity index (χ2n) is 8.58. The first-order valence-electron chi connectivity index (χ1n) is 11.6. The van der Waals surface area contributed by atoms with Crippen LogP contribution in [0.15, 0.2) is 72.8 Å². The summed E-state index contributed by atoms with van der Waals surface area (Å²) in [5.41, 5.74) is 1.67. The number of benzene rings is 3. The predicted molar refractivity (Wildman–Crippen MR) is 143 cm³/mol. The number of amides is 2. The van der Waals surface area contributed by atoms with Crippen LogP contribution in [0.1, 0.15) is 25.0 Å². The van der Waals surface area contributed by atoms with Crippen LogP contribution in [0, 0.1) is 0 Å². The molecule has 3 aromatic rings. The van der Waals surface area contributed by atoms with Crippen molar-refractivity contribution in [3.05, 3.63) is 94.0 Å². The largest absolute Gasteiger partial charge is 0.493 e. The van der Waals surface area contributed by atoms with Crippen molar-refractivity contribution in [2.24, 2.45) is 0 Å². The van der Waals surface area contributed by atoms with Crippen LogP contribution in [0.5, 0.6) is 11.5 Å². The maximum Gasteiger partial charge on any atom is 0.261 e. The molecule has 0 heterocycles. The van der Waals surface area contributed by atoms with Gasteiger partial charge in [0.15, 0.2) is 18.1 Å². The van der Waals surface area contributed by atoms with Crippen LogP contribution in [0.3, 0.4) is 0 Å². The Bertz CT molecular complexity index is 1170. The molecule has 0 fully saturated rings. The third-order valence-corrected chi connectivity index (χ3v) is 6.20. The summed E-state index contributed by atoms with van der Waals surface area (Å²) in [6.45, 7) is 3.64. The maximum atomic E-state index is 13.6. The normalized spacial score (nSPS) is 11.6. The van der Waals surface area contributed by atoms with Crippen molar-refractivity contribution in [1.82, 2.24) is 10.2 Å². The molecule has 0 aromatic heterocycles. The van der Waals surface area contributed by atoms with Gasteiger partial charge in [0.1, 0.15) is 6.04 Å². The minimum Gasteiger partial charge on any atom is -0.493 e. The zero-order valence-electron chi connectivity index (χ0n) is 20.5. The van der Waals surface area contributed by atoms with E-state index in [2.05, 4.69) is 5.32 Å². The summed E-state index contributed by atoms with van der Waals surface area (Å²) in [5.74, 6) is 0.347. The molecule has 1 N–H and O–H groups in total. The first-order chi connectivity index (χ1) is 17.3. The fourth-order valence-electron chi connectivity index (χ4n) is 3.73. The van der Waals surface area contributed by atoms with E-state index in [9.17, 15) is 9.59 Å².